The standard InChI is InChI=1S/C12H19N3O3/c1-9(8-17-3)15(2)12(16)14-10-6-5-7-13-11(10)18-4/h5-7,9H,8H2,1-4H3,(H,14,16)/t9-/m0/s1. The zero-order valence-electron chi connectivity index (χ0n) is 11.1. The van der Waals surface area contributed by atoms with Gasteiger partial charge in [-0.1, -0.05) is 0 Å². The molecule has 0 aliphatic heterocycles. The molecule has 1 rings (SSSR count). The van der Waals surface area contributed by atoms with Crippen molar-refractivity contribution in [2.24, 2.45) is 0 Å². The third kappa shape index (κ3) is 3.59. The number of ether oxygens (including phenoxy) is 2. The molecule has 0 fully saturated rings. The monoisotopic (exact) mass is 253 g/mol. The van der Waals surface area contributed by atoms with Gasteiger partial charge in [-0.25, -0.2) is 9.78 Å². The summed E-state index contributed by atoms with van der Waals surface area (Å²) in [4.78, 5) is 17.5. The van der Waals surface area contributed by atoms with Crippen LogP contribution in [-0.4, -0.2) is 49.8 Å². The molecular weight excluding hydrogens is 234 g/mol. The number of anilines is 1. The summed E-state index contributed by atoms with van der Waals surface area (Å²) in [6.45, 7) is 2.39. The van der Waals surface area contributed by atoms with Gasteiger partial charge in [-0.3, -0.25) is 0 Å². The van der Waals surface area contributed by atoms with Crippen molar-refractivity contribution >= 4 is 11.7 Å². The Bertz CT molecular complexity index is 398. The first kappa shape index (κ1) is 14.2. The van der Waals surface area contributed by atoms with Gasteiger partial charge in [-0.05, 0) is 19.1 Å². The molecule has 0 bridgehead atoms. The number of carbonyl (C=O) groups excluding carboxylic acids is 1. The van der Waals surface area contributed by atoms with Crippen molar-refractivity contribution in [1.29, 1.82) is 0 Å². The molecule has 1 heterocycles. The Hall–Kier alpha value is -1.82. The van der Waals surface area contributed by atoms with Crippen molar-refractivity contribution in [2.45, 2.75) is 13.0 Å². The fourth-order valence-electron chi connectivity index (χ4n) is 1.41. The van der Waals surface area contributed by atoms with Crippen LogP contribution >= 0.6 is 0 Å². The van der Waals surface area contributed by atoms with Crippen molar-refractivity contribution < 1.29 is 14.3 Å². The number of aromatic nitrogens is 1. The number of methoxy groups -OCH3 is 2. The highest BCUT2D eigenvalue weighted by molar-refractivity contribution is 5.90. The molecule has 1 atom stereocenters. The lowest BCUT2D eigenvalue weighted by Crippen LogP contribution is -2.40. The Labute approximate surface area is 107 Å². The van der Waals surface area contributed by atoms with Gasteiger partial charge in [-0.15, -0.1) is 0 Å². The van der Waals surface area contributed by atoms with Gasteiger partial charge in [0.15, 0.2) is 0 Å². The molecular formula is C12H19N3O3. The summed E-state index contributed by atoms with van der Waals surface area (Å²) in [5.74, 6) is 0.388. The SMILES string of the molecule is COC[C@H](C)N(C)C(=O)Nc1cccnc1OC. The second kappa shape index (κ2) is 6.80. The molecule has 1 N–H and O–H groups in total. The predicted octanol–water partition coefficient (Wildman–Crippen LogP) is 1.59. The predicted molar refractivity (Wildman–Crippen MR) is 68.9 cm³/mol. The molecule has 1 aromatic heterocycles. The fourth-order valence-corrected chi connectivity index (χ4v) is 1.41. The van der Waals surface area contributed by atoms with Gasteiger partial charge in [0.25, 0.3) is 0 Å². The maximum atomic E-state index is 12.0. The third-order valence-corrected chi connectivity index (χ3v) is 2.60. The van der Waals surface area contributed by atoms with Gasteiger partial charge in [0.05, 0.1) is 19.8 Å². The quantitative estimate of drug-likeness (QED) is 0.865. The van der Waals surface area contributed by atoms with Crippen LogP contribution in [0.5, 0.6) is 5.88 Å². The van der Waals surface area contributed by atoms with Crippen LogP contribution in [-0.2, 0) is 4.74 Å². The molecule has 0 aliphatic carbocycles. The zero-order chi connectivity index (χ0) is 13.5. The minimum Gasteiger partial charge on any atom is -0.480 e. The van der Waals surface area contributed by atoms with Gasteiger partial charge in [0, 0.05) is 20.4 Å². The van der Waals surface area contributed by atoms with Crippen LogP contribution in [0, 0.1) is 0 Å². The highest BCUT2D eigenvalue weighted by atomic mass is 16.5. The van der Waals surface area contributed by atoms with Gasteiger partial charge < -0.3 is 19.7 Å². The molecule has 0 saturated heterocycles. The van der Waals surface area contributed by atoms with Gasteiger partial charge in [0.2, 0.25) is 5.88 Å². The maximum absolute atomic E-state index is 12.0. The number of pyridine rings is 1. The molecule has 0 unspecified atom stereocenters. The minimum atomic E-state index is -0.231. The average molecular weight is 253 g/mol. The molecule has 0 aliphatic rings. The van der Waals surface area contributed by atoms with Crippen molar-refractivity contribution in [1.82, 2.24) is 9.88 Å². The summed E-state index contributed by atoms with van der Waals surface area (Å²) in [6, 6.07) is 3.22. The molecule has 6 nitrogen and oxygen atoms in total. The number of hydrogen-bond donors (Lipinski definition) is 1. The molecule has 0 radical (unpaired) electrons. The van der Waals surface area contributed by atoms with E-state index in [-0.39, 0.29) is 12.1 Å². The summed E-state index contributed by atoms with van der Waals surface area (Å²) >= 11 is 0. The highest BCUT2D eigenvalue weighted by Crippen LogP contribution is 2.20. The Balaban J connectivity index is 2.69. The number of amides is 2. The molecule has 2 amide bonds. The third-order valence-electron chi connectivity index (χ3n) is 2.60. The van der Waals surface area contributed by atoms with E-state index >= 15 is 0 Å². The maximum Gasteiger partial charge on any atom is 0.322 e. The Kier molecular flexibility index (Phi) is 5.38. The van der Waals surface area contributed by atoms with Gasteiger partial charge >= 0.3 is 6.03 Å². The number of likely N-dealkylation sites (N-methyl/N-ethyl adjacent to an activating group) is 1. The number of nitrogens with zero attached hydrogens (tertiary/aromatic N) is 2. The first-order chi connectivity index (χ1) is 8.60. The number of hydrogen-bond acceptors (Lipinski definition) is 4. The fraction of sp³-hybridized carbons (Fsp3) is 0.500. The van der Waals surface area contributed by atoms with Crippen LogP contribution in [0.15, 0.2) is 18.3 Å². The van der Waals surface area contributed by atoms with E-state index in [9.17, 15) is 4.79 Å². The van der Waals surface area contributed by atoms with E-state index in [1.54, 1.807) is 37.4 Å². The van der Waals surface area contributed by atoms with E-state index in [0.29, 0.717) is 18.2 Å². The van der Waals surface area contributed by atoms with Crippen LogP contribution in [0.4, 0.5) is 10.5 Å². The summed E-state index contributed by atoms with van der Waals surface area (Å²) in [7, 11) is 4.82. The van der Waals surface area contributed by atoms with Crippen molar-refractivity contribution in [3.63, 3.8) is 0 Å². The number of nitrogens with one attached hydrogen (secondary N) is 1. The average Bonchev–Trinajstić information content (AvgIpc) is 2.38. The molecule has 100 valence electrons. The zero-order valence-corrected chi connectivity index (χ0v) is 11.1. The topological polar surface area (TPSA) is 63.7 Å². The van der Waals surface area contributed by atoms with Crippen LogP contribution in [0.1, 0.15) is 6.92 Å². The van der Waals surface area contributed by atoms with Crippen molar-refractivity contribution in [2.75, 3.05) is 33.2 Å². The van der Waals surface area contributed by atoms with E-state index in [1.165, 1.54) is 7.11 Å². The van der Waals surface area contributed by atoms with Crippen molar-refractivity contribution in [3.8, 4) is 5.88 Å². The van der Waals surface area contributed by atoms with Crippen LogP contribution < -0.4 is 10.1 Å². The number of urea groups is 1. The normalized spacial score (nSPS) is 11.8. The van der Waals surface area contributed by atoms with E-state index in [1.807, 2.05) is 6.92 Å². The Morgan fingerprint density at radius 1 is 1.56 bits per heavy atom. The van der Waals surface area contributed by atoms with E-state index in [2.05, 4.69) is 10.3 Å². The second-order valence-electron chi connectivity index (χ2n) is 3.91. The van der Waals surface area contributed by atoms with Crippen LogP contribution in [0.2, 0.25) is 0 Å². The van der Waals surface area contributed by atoms with Gasteiger partial charge in [0.1, 0.15) is 5.69 Å². The van der Waals surface area contributed by atoms with Gasteiger partial charge in [-0.2, -0.15) is 0 Å². The van der Waals surface area contributed by atoms with Crippen molar-refractivity contribution in [3.05, 3.63) is 18.3 Å². The molecule has 18 heavy (non-hydrogen) atoms. The van der Waals surface area contributed by atoms with E-state index in [4.69, 9.17) is 9.47 Å². The highest BCUT2D eigenvalue weighted by Gasteiger charge is 2.17. The second-order valence-corrected chi connectivity index (χ2v) is 3.91. The molecule has 0 saturated carbocycles. The van der Waals surface area contributed by atoms with Crippen LogP contribution in [0.3, 0.4) is 0 Å². The molecule has 6 heteroatoms. The largest absolute Gasteiger partial charge is 0.480 e. The van der Waals surface area contributed by atoms with Crippen LogP contribution in [0.25, 0.3) is 0 Å². The smallest absolute Gasteiger partial charge is 0.322 e. The van der Waals surface area contributed by atoms with E-state index < -0.39 is 0 Å². The molecule has 1 aromatic rings. The lowest BCUT2D eigenvalue weighted by atomic mass is 10.3. The molecule has 0 spiro atoms. The summed E-state index contributed by atoms with van der Waals surface area (Å²) in [5.41, 5.74) is 0.543. The number of rotatable bonds is 5. The summed E-state index contributed by atoms with van der Waals surface area (Å²) < 4.78 is 10.1. The Morgan fingerprint density at radius 3 is 2.89 bits per heavy atom. The lowest BCUT2D eigenvalue weighted by Gasteiger charge is -2.24. The Morgan fingerprint density at radius 2 is 2.28 bits per heavy atom. The summed E-state index contributed by atoms with van der Waals surface area (Å²) in [5, 5.41) is 2.74. The first-order valence-corrected chi connectivity index (χ1v) is 5.62. The minimum absolute atomic E-state index is 0.0160. The summed E-state index contributed by atoms with van der Waals surface area (Å²) in [6.07, 6.45) is 1.60. The lowest BCUT2D eigenvalue weighted by molar-refractivity contribution is 0.128. The number of carbonyl (C=O) groups is 1. The molecule has 0 aromatic carbocycles. The van der Waals surface area contributed by atoms with E-state index in [0.717, 1.165) is 0 Å². The first-order valence-electron chi connectivity index (χ1n) is 5.62.